The van der Waals surface area contributed by atoms with Gasteiger partial charge in [0.1, 0.15) is 5.54 Å². The van der Waals surface area contributed by atoms with E-state index in [2.05, 4.69) is 52.6 Å². The lowest BCUT2D eigenvalue weighted by Crippen LogP contribution is -2.53. The molecule has 4 heterocycles. The molecular formula is C23H30N4O. The number of pyridine rings is 1. The van der Waals surface area contributed by atoms with E-state index in [1.54, 1.807) is 0 Å². The molecule has 0 aromatic carbocycles. The minimum Gasteiger partial charge on any atom is -0.355 e. The summed E-state index contributed by atoms with van der Waals surface area (Å²) in [5, 5.41) is 0. The van der Waals surface area contributed by atoms with Crippen LogP contribution in [0.2, 0.25) is 0 Å². The van der Waals surface area contributed by atoms with Crippen LogP contribution in [-0.2, 0) is 10.3 Å². The van der Waals surface area contributed by atoms with Gasteiger partial charge >= 0.3 is 0 Å². The van der Waals surface area contributed by atoms with E-state index in [0.29, 0.717) is 11.8 Å². The first-order chi connectivity index (χ1) is 13.6. The third-order valence-corrected chi connectivity index (χ3v) is 6.97. The van der Waals surface area contributed by atoms with Crippen LogP contribution in [0.3, 0.4) is 0 Å². The van der Waals surface area contributed by atoms with Crippen molar-refractivity contribution in [3.05, 3.63) is 42.4 Å². The number of carbonyl (C=O) groups excluding carboxylic acids is 1. The van der Waals surface area contributed by atoms with E-state index in [4.69, 9.17) is 4.98 Å². The molecule has 1 aliphatic carbocycles. The van der Waals surface area contributed by atoms with Gasteiger partial charge in [0, 0.05) is 37.9 Å². The summed E-state index contributed by atoms with van der Waals surface area (Å²) in [5.74, 6) is 2.30. The summed E-state index contributed by atoms with van der Waals surface area (Å²) in [7, 11) is 0. The highest BCUT2D eigenvalue weighted by Gasteiger charge is 2.51. The lowest BCUT2D eigenvalue weighted by Gasteiger charge is -2.47. The summed E-state index contributed by atoms with van der Waals surface area (Å²) >= 11 is 0. The van der Waals surface area contributed by atoms with E-state index in [0.717, 1.165) is 51.1 Å². The molecule has 1 saturated carbocycles. The van der Waals surface area contributed by atoms with Gasteiger partial charge in [-0.1, -0.05) is 20.3 Å². The number of hydrogen-bond donors (Lipinski definition) is 0. The number of carbonyl (C=O) groups is 1. The quantitative estimate of drug-likeness (QED) is 0.808. The fourth-order valence-electron chi connectivity index (χ4n) is 5.14. The van der Waals surface area contributed by atoms with Crippen molar-refractivity contribution < 1.29 is 4.79 Å². The number of amides is 1. The van der Waals surface area contributed by atoms with Gasteiger partial charge in [-0.2, -0.15) is 0 Å². The highest BCUT2D eigenvalue weighted by Crippen LogP contribution is 2.47. The molecule has 2 aliphatic heterocycles. The van der Waals surface area contributed by atoms with Crippen LogP contribution < -0.4 is 4.90 Å². The summed E-state index contributed by atoms with van der Waals surface area (Å²) in [6.07, 6.45) is 9.47. The molecule has 0 bridgehead atoms. The molecule has 5 heteroatoms. The van der Waals surface area contributed by atoms with Crippen molar-refractivity contribution >= 4 is 11.6 Å². The average molecular weight is 379 g/mol. The van der Waals surface area contributed by atoms with Crippen molar-refractivity contribution in [3.8, 4) is 5.82 Å². The Balaban J connectivity index is 1.56. The molecule has 0 radical (unpaired) electrons. The molecule has 5 rings (SSSR count). The number of nitrogens with zero attached hydrogens (tertiary/aromatic N) is 4. The van der Waals surface area contributed by atoms with Crippen LogP contribution in [-0.4, -0.2) is 40.0 Å². The summed E-state index contributed by atoms with van der Waals surface area (Å²) in [6, 6.07) is 8.59. The molecule has 148 valence electrons. The largest absolute Gasteiger partial charge is 0.355 e. The molecular weight excluding hydrogens is 348 g/mol. The molecule has 0 unspecified atom stereocenters. The lowest BCUT2D eigenvalue weighted by molar-refractivity contribution is -0.137. The Kier molecular flexibility index (Phi) is 4.22. The van der Waals surface area contributed by atoms with Crippen LogP contribution >= 0.6 is 0 Å². The maximum atomic E-state index is 13.0. The van der Waals surface area contributed by atoms with Gasteiger partial charge < -0.3 is 14.4 Å². The Hall–Kier alpha value is -2.30. The van der Waals surface area contributed by atoms with Crippen LogP contribution in [0.1, 0.15) is 51.6 Å². The van der Waals surface area contributed by atoms with Crippen LogP contribution in [0.5, 0.6) is 0 Å². The van der Waals surface area contributed by atoms with Crippen LogP contribution in [0.15, 0.2) is 36.7 Å². The topological polar surface area (TPSA) is 41.4 Å². The van der Waals surface area contributed by atoms with E-state index in [1.165, 1.54) is 17.8 Å². The van der Waals surface area contributed by atoms with E-state index in [-0.39, 0.29) is 11.5 Å². The third-order valence-electron chi connectivity index (χ3n) is 6.97. The third kappa shape index (κ3) is 2.59. The average Bonchev–Trinajstić information content (AvgIpc) is 3.28. The molecule has 1 spiro atoms. The molecule has 0 N–H and O–H groups in total. The Morgan fingerprint density at radius 2 is 2.14 bits per heavy atom. The van der Waals surface area contributed by atoms with Gasteiger partial charge in [-0.15, -0.1) is 0 Å². The maximum absolute atomic E-state index is 13.0. The molecule has 2 aromatic heterocycles. The SMILES string of the molecule is CC(C)CCN1c2cccnc2-n2cccc2[C@@]12CCN(C(=O)C1CCC1)C2. The number of hydrogen-bond acceptors (Lipinski definition) is 3. The number of aromatic nitrogens is 2. The first kappa shape index (κ1) is 17.8. The van der Waals surface area contributed by atoms with Gasteiger partial charge in [-0.3, -0.25) is 4.79 Å². The van der Waals surface area contributed by atoms with Gasteiger partial charge in [-0.25, -0.2) is 4.98 Å². The Morgan fingerprint density at radius 1 is 1.29 bits per heavy atom. The van der Waals surface area contributed by atoms with Crippen molar-refractivity contribution in [2.24, 2.45) is 11.8 Å². The van der Waals surface area contributed by atoms with Crippen LogP contribution in [0.25, 0.3) is 5.82 Å². The van der Waals surface area contributed by atoms with Crippen molar-refractivity contribution in [2.75, 3.05) is 24.5 Å². The zero-order valence-corrected chi connectivity index (χ0v) is 17.0. The van der Waals surface area contributed by atoms with Crippen LogP contribution in [0, 0.1) is 11.8 Å². The molecule has 1 atom stereocenters. The van der Waals surface area contributed by atoms with E-state index in [9.17, 15) is 4.79 Å². The molecule has 5 nitrogen and oxygen atoms in total. The summed E-state index contributed by atoms with van der Waals surface area (Å²) in [5.41, 5.74) is 2.34. The minimum atomic E-state index is -0.145. The number of likely N-dealkylation sites (tertiary alicyclic amines) is 1. The van der Waals surface area contributed by atoms with Gasteiger partial charge in [0.05, 0.1) is 11.4 Å². The highest BCUT2D eigenvalue weighted by atomic mass is 16.2. The maximum Gasteiger partial charge on any atom is 0.225 e. The number of anilines is 1. The van der Waals surface area contributed by atoms with Gasteiger partial charge in [0.15, 0.2) is 5.82 Å². The monoisotopic (exact) mass is 378 g/mol. The number of rotatable bonds is 4. The summed E-state index contributed by atoms with van der Waals surface area (Å²) in [4.78, 5) is 22.4. The lowest BCUT2D eigenvalue weighted by atomic mass is 9.84. The van der Waals surface area contributed by atoms with Gasteiger partial charge in [-0.05, 0) is 55.9 Å². The van der Waals surface area contributed by atoms with Crippen LogP contribution in [0.4, 0.5) is 5.69 Å². The Bertz CT molecular complexity index is 884. The Labute approximate surface area is 167 Å². The molecule has 1 amide bonds. The van der Waals surface area contributed by atoms with Crippen molar-refractivity contribution in [2.45, 2.75) is 51.5 Å². The summed E-state index contributed by atoms with van der Waals surface area (Å²) < 4.78 is 2.25. The first-order valence-electron chi connectivity index (χ1n) is 10.8. The second kappa shape index (κ2) is 6.64. The van der Waals surface area contributed by atoms with E-state index in [1.807, 2.05) is 12.3 Å². The molecule has 3 aliphatic rings. The predicted molar refractivity (Wildman–Crippen MR) is 111 cm³/mol. The smallest absolute Gasteiger partial charge is 0.225 e. The molecule has 1 saturated heterocycles. The van der Waals surface area contributed by atoms with Gasteiger partial charge in [0.2, 0.25) is 5.91 Å². The standard InChI is InChI=1S/C23H30N4O/c1-17(2)10-14-27-19-8-4-12-24-21(19)26-13-5-9-20(26)23(27)11-15-25(16-23)22(28)18-6-3-7-18/h4-5,8-9,12-13,17-18H,3,6-7,10-11,14-16H2,1-2H3/t23-/m0/s1. The van der Waals surface area contributed by atoms with E-state index < -0.39 is 0 Å². The van der Waals surface area contributed by atoms with Crippen molar-refractivity contribution in [1.82, 2.24) is 14.5 Å². The van der Waals surface area contributed by atoms with Crippen molar-refractivity contribution in [1.29, 1.82) is 0 Å². The fraction of sp³-hybridized carbons (Fsp3) is 0.565. The normalized spacial score (nSPS) is 23.8. The van der Waals surface area contributed by atoms with Gasteiger partial charge in [0.25, 0.3) is 0 Å². The zero-order valence-electron chi connectivity index (χ0n) is 17.0. The second-order valence-corrected chi connectivity index (χ2v) is 9.11. The van der Waals surface area contributed by atoms with E-state index >= 15 is 0 Å². The second-order valence-electron chi connectivity index (χ2n) is 9.11. The predicted octanol–water partition coefficient (Wildman–Crippen LogP) is 3.97. The Morgan fingerprint density at radius 3 is 2.89 bits per heavy atom. The summed E-state index contributed by atoms with van der Waals surface area (Å²) in [6.45, 7) is 7.20. The molecule has 2 fully saturated rings. The van der Waals surface area contributed by atoms with Crippen molar-refractivity contribution in [3.63, 3.8) is 0 Å². The highest BCUT2D eigenvalue weighted by molar-refractivity contribution is 5.80. The molecule has 2 aromatic rings. The first-order valence-corrected chi connectivity index (χ1v) is 10.8. The number of fused-ring (bicyclic) bond motifs is 4. The minimum absolute atomic E-state index is 0.145. The zero-order chi connectivity index (χ0) is 19.3. The fourth-order valence-corrected chi connectivity index (χ4v) is 5.14. The molecule has 28 heavy (non-hydrogen) atoms.